The van der Waals surface area contributed by atoms with Crippen LogP contribution in [0, 0.1) is 5.92 Å². The van der Waals surface area contributed by atoms with Gasteiger partial charge in [-0.25, -0.2) is 0 Å². The predicted octanol–water partition coefficient (Wildman–Crippen LogP) is 8.31. The maximum atomic E-state index is 15.9. The van der Waals surface area contributed by atoms with E-state index in [1.165, 1.54) is 6.07 Å². The molecule has 6 bridgehead atoms. The minimum atomic E-state index is -2.84. The van der Waals surface area contributed by atoms with Crippen molar-refractivity contribution in [2.24, 2.45) is 11.7 Å². The van der Waals surface area contributed by atoms with Crippen LogP contribution in [-0.2, 0) is 54.1 Å². The quantitative estimate of drug-likeness (QED) is 0.0489. The molecule has 2 aromatic rings. The second-order valence-corrected chi connectivity index (χ2v) is 35.2. The van der Waals surface area contributed by atoms with Crippen molar-refractivity contribution in [1.82, 2.24) is 16.0 Å². The average Bonchev–Trinajstić information content (AvgIpc) is 3.60. The van der Waals surface area contributed by atoms with Gasteiger partial charge in [-0.2, -0.15) is 0 Å². The lowest BCUT2D eigenvalue weighted by Crippen LogP contribution is -2.67. The molecule has 2 aliphatic rings. The first-order valence-electron chi connectivity index (χ1n) is 25.5. The summed E-state index contributed by atoms with van der Waals surface area (Å²) in [5.74, 6) is -5.47. The van der Waals surface area contributed by atoms with Crippen molar-refractivity contribution in [2.45, 2.75) is 199 Å². The van der Waals surface area contributed by atoms with Gasteiger partial charge in [-0.1, -0.05) is 121 Å². The average molecular weight is 1010 g/mol. The second kappa shape index (κ2) is 23.8. The summed E-state index contributed by atoms with van der Waals surface area (Å²) < 4.78 is 22.9. The Balaban J connectivity index is 2.24. The van der Waals surface area contributed by atoms with Crippen LogP contribution < -0.4 is 27.0 Å². The molecule has 18 heteroatoms. The van der Waals surface area contributed by atoms with Crippen LogP contribution in [0.3, 0.4) is 0 Å². The van der Waals surface area contributed by atoms with Crippen LogP contribution in [-0.4, -0.2) is 96.2 Å². The lowest BCUT2D eigenvalue weighted by Gasteiger charge is -2.50. The number of Topliss-reactive ketones (excluding diaryl/α,β-unsaturated/α-hetero) is 1. The molecule has 2 aliphatic heterocycles. The molecule has 384 valence electrons. The molecule has 0 fully saturated rings. The van der Waals surface area contributed by atoms with Gasteiger partial charge in [0.1, 0.15) is 23.9 Å². The van der Waals surface area contributed by atoms with Gasteiger partial charge in [-0.3, -0.25) is 28.8 Å². The van der Waals surface area contributed by atoms with Crippen LogP contribution in [0.5, 0.6) is 5.75 Å². The molecule has 2 aromatic carbocycles. The molecule has 2 heterocycles. The molecule has 0 radical (unpaired) electrons. The van der Waals surface area contributed by atoms with Gasteiger partial charge < -0.3 is 45.4 Å². The fourth-order valence-corrected chi connectivity index (χ4v) is 22.2. The molecule has 5 amide bonds. The summed E-state index contributed by atoms with van der Waals surface area (Å²) in [7, 11) is -8.39. The molecule has 0 saturated carbocycles. The minimum absolute atomic E-state index is 0.110. The Morgan fingerprint density at radius 3 is 1.90 bits per heavy atom. The molecule has 15 nitrogen and oxygen atoms in total. The maximum Gasteiger partial charge on any atom is 0.288 e. The van der Waals surface area contributed by atoms with E-state index in [9.17, 15) is 24.3 Å². The van der Waals surface area contributed by atoms with Gasteiger partial charge >= 0.3 is 0 Å². The van der Waals surface area contributed by atoms with Crippen molar-refractivity contribution in [2.75, 3.05) is 11.9 Å². The van der Waals surface area contributed by atoms with Crippen LogP contribution in [0.1, 0.15) is 121 Å². The number of hydrogen-bond donors (Lipinski definition) is 6. The summed E-state index contributed by atoms with van der Waals surface area (Å²) in [5, 5.41) is 23.4. The smallest absolute Gasteiger partial charge is 0.288 e. The molecular weight excluding hydrogens is 927 g/mol. The van der Waals surface area contributed by atoms with Gasteiger partial charge in [-0.05, 0) is 77.0 Å². The Morgan fingerprint density at radius 2 is 1.38 bits per heavy atom. The summed E-state index contributed by atoms with van der Waals surface area (Å²) in [4.78, 5) is 85.4. The summed E-state index contributed by atoms with van der Waals surface area (Å²) in [6, 6.07) is 10.1. The van der Waals surface area contributed by atoms with E-state index >= 15 is 9.59 Å². The van der Waals surface area contributed by atoms with Crippen molar-refractivity contribution in [3.05, 3.63) is 47.5 Å². The highest BCUT2D eigenvalue weighted by Crippen LogP contribution is 2.52. The fraction of sp³-hybridized carbons (Fsp3) is 0.647. The van der Waals surface area contributed by atoms with Crippen LogP contribution in [0.25, 0.3) is 11.1 Å². The van der Waals surface area contributed by atoms with E-state index in [1.54, 1.807) is 32.0 Å². The van der Waals surface area contributed by atoms with Gasteiger partial charge in [-0.15, -0.1) is 0 Å². The number of fused-ring (bicyclic) bond motifs is 3. The maximum absolute atomic E-state index is 15.9. The lowest BCUT2D eigenvalue weighted by molar-refractivity contribution is -0.148. The number of carbonyl (C=O) groups is 6. The van der Waals surface area contributed by atoms with Gasteiger partial charge in [0.25, 0.3) is 11.8 Å². The van der Waals surface area contributed by atoms with E-state index in [0.29, 0.717) is 70.6 Å². The van der Waals surface area contributed by atoms with Gasteiger partial charge in [0.05, 0.1) is 24.8 Å². The molecule has 7 N–H and O–H groups in total. The Hall–Kier alpha value is -4.21. The second-order valence-electron chi connectivity index (χ2n) is 20.3. The van der Waals surface area contributed by atoms with Gasteiger partial charge in [0.15, 0.2) is 30.6 Å². The van der Waals surface area contributed by atoms with E-state index in [1.807, 2.05) is 12.1 Å². The number of phenolic OH excluding ortho intramolecular Hbond substituents is 1. The molecule has 0 saturated heterocycles. The number of nitrogens with one attached hydrogen (secondary N) is 4. The molecule has 4 rings (SSSR count). The topological polar surface area (TPSA) is 224 Å². The number of primary amides is 1. The van der Waals surface area contributed by atoms with E-state index < -0.39 is 102 Å². The highest BCUT2D eigenvalue weighted by Gasteiger charge is 2.62. The first kappa shape index (κ1) is 57.4. The highest BCUT2D eigenvalue weighted by atomic mass is 28.4. The summed E-state index contributed by atoms with van der Waals surface area (Å²) in [6.45, 7) is 28.8. The zero-order valence-electron chi connectivity index (χ0n) is 43.9. The number of carbonyl (C=O) groups excluding carboxylic acids is 6. The van der Waals surface area contributed by atoms with E-state index in [4.69, 9.17) is 19.0 Å². The number of ketones is 1. The predicted molar refractivity (Wildman–Crippen MR) is 279 cm³/mol. The van der Waals surface area contributed by atoms with E-state index in [-0.39, 0.29) is 35.4 Å². The highest BCUT2D eigenvalue weighted by molar-refractivity contribution is 6.77. The number of hydrogen-bond acceptors (Lipinski definition) is 10. The minimum Gasteiger partial charge on any atom is -0.507 e. The van der Waals surface area contributed by atoms with Crippen molar-refractivity contribution >= 4 is 66.0 Å². The number of benzene rings is 2. The number of phenols is 1. The Kier molecular flexibility index (Phi) is 19.8. The van der Waals surface area contributed by atoms with Gasteiger partial charge in [0.2, 0.25) is 23.5 Å². The van der Waals surface area contributed by atoms with Crippen molar-refractivity contribution < 1.29 is 47.2 Å². The standard InChI is InChI=1S/C51H83N5O10Si3/c1-15-34(14)45(59)49(62)54-39-28-35-25-26-42(57)37(27-35)36-23-22-24-38-44(36)56-50(63)51(38,66-68(19-5,20-6)21-7)46(65-67(16-2,17-3)18-4)41(30-64-69(31(8)9,32(10)11)33(12)13)55-48(61)40(29-43(52)58)53-47(39)60/h22-27,31-34,39-41,46,57H,15-21,28-30H2,1-14H3,(H2,52,58)(H,53,60)(H,54,62)(H,55,61)(H,56,63)/t34?,39-,40-,41+,46-,51+/m0/s1. The van der Waals surface area contributed by atoms with Crippen LogP contribution in [0.4, 0.5) is 5.69 Å². The molecule has 1 unspecified atom stereocenters. The number of nitrogens with two attached hydrogens (primary N) is 1. The third-order valence-electron chi connectivity index (χ3n) is 15.7. The number of aromatic hydroxyl groups is 1. The Bertz CT molecular complexity index is 2140. The van der Waals surface area contributed by atoms with Crippen LogP contribution in [0.15, 0.2) is 36.4 Å². The van der Waals surface area contributed by atoms with Gasteiger partial charge in [0, 0.05) is 29.0 Å². The number of rotatable bonds is 22. The molecule has 0 aromatic heterocycles. The van der Waals surface area contributed by atoms with Crippen LogP contribution in [0.2, 0.25) is 52.9 Å². The lowest BCUT2D eigenvalue weighted by atomic mass is 9.84. The summed E-state index contributed by atoms with van der Waals surface area (Å²) in [6.07, 6.45) is -1.66. The van der Waals surface area contributed by atoms with Crippen LogP contribution >= 0.6 is 0 Å². The zero-order chi connectivity index (χ0) is 51.8. The molecule has 0 aliphatic carbocycles. The summed E-state index contributed by atoms with van der Waals surface area (Å²) in [5.41, 5.74) is 6.49. The number of anilines is 1. The SMILES string of the molecule is CCC(C)C(=O)C(=O)N[C@H]1Cc2ccc(O)c(c2)-c2cccc3c2NC(=O)[C@]3(O[Si](CC)(CC)CC)[C@@H](O[Si](CC)(CC)CC)[C@@H](CO[Si](C(C)C)(C(C)C)C(C)C)NC(=O)[C@H](CC(N)=O)NC1=O. The third kappa shape index (κ3) is 11.8. The first-order chi connectivity index (χ1) is 32.5. The Labute approximate surface area is 414 Å². The molecular formula is C51H83N5O10Si3. The Morgan fingerprint density at radius 1 is 0.797 bits per heavy atom. The number of amides is 5. The van der Waals surface area contributed by atoms with Crippen molar-refractivity contribution in [3.8, 4) is 16.9 Å². The van der Waals surface area contributed by atoms with Crippen molar-refractivity contribution in [1.29, 1.82) is 0 Å². The third-order valence-corrected chi connectivity index (χ3v) is 31.0. The number of para-hydroxylation sites is 1. The molecule has 6 atom stereocenters. The van der Waals surface area contributed by atoms with Crippen molar-refractivity contribution in [3.63, 3.8) is 0 Å². The van der Waals surface area contributed by atoms with E-state index in [2.05, 4.69) is 104 Å². The molecule has 0 spiro atoms. The zero-order valence-corrected chi connectivity index (χ0v) is 46.9. The van der Waals surface area contributed by atoms with E-state index in [0.717, 1.165) is 0 Å². The fourth-order valence-electron chi connectivity index (χ4n) is 10.9. The first-order valence-corrected chi connectivity index (χ1v) is 32.7. The normalized spacial score (nSPS) is 21.8. The monoisotopic (exact) mass is 1010 g/mol. The summed E-state index contributed by atoms with van der Waals surface area (Å²) >= 11 is 0. The molecule has 69 heavy (non-hydrogen) atoms. The largest absolute Gasteiger partial charge is 0.507 e.